The van der Waals surface area contributed by atoms with Crippen molar-refractivity contribution in [2.75, 3.05) is 33.0 Å². The van der Waals surface area contributed by atoms with Crippen LogP contribution < -0.4 is 15.2 Å². The predicted octanol–water partition coefficient (Wildman–Crippen LogP) is 0.797. The minimum absolute atomic E-state index is 0.113. The zero-order valence-electron chi connectivity index (χ0n) is 12.0. The lowest BCUT2D eigenvalue weighted by Crippen LogP contribution is -2.38. The van der Waals surface area contributed by atoms with Gasteiger partial charge in [-0.1, -0.05) is 0 Å². The van der Waals surface area contributed by atoms with Gasteiger partial charge in [0.05, 0.1) is 13.7 Å². The summed E-state index contributed by atoms with van der Waals surface area (Å²) in [6.07, 6.45) is 0. The van der Waals surface area contributed by atoms with Crippen LogP contribution in [0.15, 0.2) is 21.5 Å². The molecule has 0 aliphatic rings. The fraction of sp³-hybridized carbons (Fsp3) is 0.417. The number of benzene rings is 1. The Kier molecular flexibility index (Phi) is 5.99. The third-order valence-electron chi connectivity index (χ3n) is 2.89. The summed E-state index contributed by atoms with van der Waals surface area (Å²) in [5, 5.41) is 0. The van der Waals surface area contributed by atoms with Crippen molar-refractivity contribution in [3.63, 3.8) is 0 Å². The number of carbonyl (C=O) groups excluding carboxylic acids is 1. The second-order valence-corrected chi connectivity index (χ2v) is 6.85. The van der Waals surface area contributed by atoms with E-state index in [9.17, 15) is 13.2 Å². The summed E-state index contributed by atoms with van der Waals surface area (Å²) in [6.45, 7) is 1.96. The van der Waals surface area contributed by atoms with Crippen LogP contribution in [0.4, 0.5) is 5.69 Å². The topological polar surface area (TPSA) is 102 Å². The number of nitrogens with zero attached hydrogens (tertiary/aromatic N) is 1. The van der Waals surface area contributed by atoms with Crippen molar-refractivity contribution in [2.24, 2.45) is 0 Å². The molecule has 0 spiro atoms. The van der Waals surface area contributed by atoms with Crippen LogP contribution in [0, 0.1) is 0 Å². The molecule has 7 nitrogen and oxygen atoms in total. The van der Waals surface area contributed by atoms with Crippen LogP contribution in [0.2, 0.25) is 0 Å². The Bertz CT molecular complexity index is 634. The monoisotopic (exact) mass is 379 g/mol. The molecule has 118 valence electrons. The second-order valence-electron chi connectivity index (χ2n) is 4.26. The van der Waals surface area contributed by atoms with Gasteiger partial charge in [-0.3, -0.25) is 4.79 Å². The summed E-state index contributed by atoms with van der Waals surface area (Å²) in [7, 11) is -0.956. The number of nitrogens with one attached hydrogen (secondary N) is 1. The maximum atomic E-state index is 12.3. The van der Waals surface area contributed by atoms with Crippen LogP contribution in [0.5, 0.6) is 5.75 Å². The van der Waals surface area contributed by atoms with Gasteiger partial charge >= 0.3 is 0 Å². The number of amides is 1. The highest BCUT2D eigenvalue weighted by atomic mass is 79.9. The van der Waals surface area contributed by atoms with E-state index >= 15 is 0 Å². The van der Waals surface area contributed by atoms with E-state index in [1.54, 1.807) is 14.0 Å². The molecule has 0 saturated heterocycles. The first-order valence-electron chi connectivity index (χ1n) is 6.09. The van der Waals surface area contributed by atoms with Gasteiger partial charge in [0.2, 0.25) is 15.9 Å². The molecular formula is C12H18BrN3O4S. The highest BCUT2D eigenvalue weighted by Crippen LogP contribution is 2.32. The maximum absolute atomic E-state index is 12.3. The Morgan fingerprint density at radius 1 is 1.48 bits per heavy atom. The van der Waals surface area contributed by atoms with Crippen LogP contribution >= 0.6 is 15.9 Å². The van der Waals surface area contributed by atoms with Crippen molar-refractivity contribution in [3.05, 3.63) is 16.6 Å². The number of nitrogen functional groups attached to an aromatic ring is 1. The highest BCUT2D eigenvalue weighted by molar-refractivity contribution is 9.10. The normalized spacial score (nSPS) is 11.2. The van der Waals surface area contributed by atoms with Gasteiger partial charge < -0.3 is 15.4 Å². The Morgan fingerprint density at radius 2 is 2.10 bits per heavy atom. The fourth-order valence-electron chi connectivity index (χ4n) is 1.47. The summed E-state index contributed by atoms with van der Waals surface area (Å²) in [6, 6.07) is 2.74. The molecule has 21 heavy (non-hydrogen) atoms. The Hall–Kier alpha value is -1.32. The SMILES string of the molecule is CCN(C)C(=O)CNS(=O)(=O)c1cc(N)c(Br)cc1OC. The van der Waals surface area contributed by atoms with Crippen molar-refractivity contribution in [3.8, 4) is 5.75 Å². The van der Waals surface area contributed by atoms with E-state index in [0.29, 0.717) is 11.0 Å². The van der Waals surface area contributed by atoms with Gasteiger partial charge in [0.15, 0.2) is 0 Å². The summed E-state index contributed by atoms with van der Waals surface area (Å²) in [4.78, 5) is 13.0. The van der Waals surface area contributed by atoms with Crippen molar-refractivity contribution < 1.29 is 17.9 Å². The second kappa shape index (κ2) is 7.10. The first-order valence-corrected chi connectivity index (χ1v) is 8.37. The summed E-state index contributed by atoms with van der Waals surface area (Å²) in [5.74, 6) is -0.190. The van der Waals surface area contributed by atoms with Crippen molar-refractivity contribution in [1.82, 2.24) is 9.62 Å². The number of nitrogens with two attached hydrogens (primary N) is 1. The molecule has 1 rings (SSSR count). The van der Waals surface area contributed by atoms with Crippen LogP contribution in [-0.4, -0.2) is 46.5 Å². The number of anilines is 1. The van der Waals surface area contributed by atoms with Gasteiger partial charge in [0.1, 0.15) is 10.6 Å². The molecule has 0 unspecified atom stereocenters. The number of rotatable bonds is 6. The minimum Gasteiger partial charge on any atom is -0.495 e. The Balaban J connectivity index is 3.03. The molecule has 1 amide bonds. The van der Waals surface area contributed by atoms with E-state index < -0.39 is 10.0 Å². The number of carbonyl (C=O) groups is 1. The molecular weight excluding hydrogens is 362 g/mol. The zero-order valence-corrected chi connectivity index (χ0v) is 14.4. The molecule has 1 aromatic carbocycles. The van der Waals surface area contributed by atoms with E-state index in [0.717, 1.165) is 0 Å². The van der Waals surface area contributed by atoms with Crippen molar-refractivity contribution >= 4 is 37.5 Å². The van der Waals surface area contributed by atoms with E-state index in [1.165, 1.54) is 24.1 Å². The van der Waals surface area contributed by atoms with Crippen LogP contribution in [0.3, 0.4) is 0 Å². The van der Waals surface area contributed by atoms with Crippen molar-refractivity contribution in [1.29, 1.82) is 0 Å². The Morgan fingerprint density at radius 3 is 2.62 bits per heavy atom. The standard InChI is InChI=1S/C12H18BrN3O4S/c1-4-16(2)12(17)7-15-21(18,19)11-6-9(14)8(13)5-10(11)20-3/h5-6,15H,4,7,14H2,1-3H3. The highest BCUT2D eigenvalue weighted by Gasteiger charge is 2.22. The number of likely N-dealkylation sites (N-methyl/N-ethyl adjacent to an activating group) is 1. The largest absolute Gasteiger partial charge is 0.495 e. The third kappa shape index (κ3) is 4.32. The smallest absolute Gasteiger partial charge is 0.244 e. The van der Waals surface area contributed by atoms with Crippen LogP contribution in [0.1, 0.15) is 6.92 Å². The van der Waals surface area contributed by atoms with E-state index in [-0.39, 0.29) is 28.8 Å². The molecule has 0 radical (unpaired) electrons. The number of sulfonamides is 1. The van der Waals surface area contributed by atoms with Crippen LogP contribution in [0.25, 0.3) is 0 Å². The molecule has 0 aliphatic heterocycles. The molecule has 0 aromatic heterocycles. The lowest BCUT2D eigenvalue weighted by Gasteiger charge is -2.16. The molecule has 9 heteroatoms. The van der Waals surface area contributed by atoms with E-state index in [4.69, 9.17) is 10.5 Å². The number of methoxy groups -OCH3 is 1. The Labute approximate surface area is 132 Å². The van der Waals surface area contributed by atoms with Gasteiger partial charge in [-0.05, 0) is 35.0 Å². The average molecular weight is 380 g/mol. The molecule has 0 atom stereocenters. The molecule has 1 aromatic rings. The van der Waals surface area contributed by atoms with Crippen LogP contribution in [-0.2, 0) is 14.8 Å². The summed E-state index contributed by atoms with van der Waals surface area (Å²) >= 11 is 3.20. The molecule has 0 aliphatic carbocycles. The fourth-order valence-corrected chi connectivity index (χ4v) is 2.95. The van der Waals surface area contributed by atoms with Gasteiger partial charge in [0.25, 0.3) is 0 Å². The predicted molar refractivity (Wildman–Crippen MR) is 83.6 cm³/mol. The minimum atomic E-state index is -3.90. The first kappa shape index (κ1) is 17.7. The van der Waals surface area contributed by atoms with E-state index in [2.05, 4.69) is 20.7 Å². The summed E-state index contributed by atoms with van der Waals surface area (Å²) in [5.41, 5.74) is 5.95. The lowest BCUT2D eigenvalue weighted by atomic mass is 10.3. The molecule has 0 bridgehead atoms. The van der Waals surface area contributed by atoms with Gasteiger partial charge in [0, 0.05) is 23.8 Å². The maximum Gasteiger partial charge on any atom is 0.244 e. The zero-order chi connectivity index (χ0) is 16.2. The lowest BCUT2D eigenvalue weighted by molar-refractivity contribution is -0.128. The quantitative estimate of drug-likeness (QED) is 0.711. The number of hydrogen-bond acceptors (Lipinski definition) is 5. The molecule has 0 saturated carbocycles. The van der Waals surface area contributed by atoms with Gasteiger partial charge in [-0.25, -0.2) is 13.1 Å². The van der Waals surface area contributed by atoms with E-state index in [1.807, 2.05) is 0 Å². The average Bonchev–Trinajstić information content (AvgIpc) is 2.46. The number of ether oxygens (including phenoxy) is 1. The third-order valence-corrected chi connectivity index (χ3v) is 5.00. The molecule has 3 N–H and O–H groups in total. The summed E-state index contributed by atoms with van der Waals surface area (Å²) < 4.78 is 32.3. The van der Waals surface area contributed by atoms with Gasteiger partial charge in [-0.2, -0.15) is 0 Å². The van der Waals surface area contributed by atoms with Crippen molar-refractivity contribution in [2.45, 2.75) is 11.8 Å². The van der Waals surface area contributed by atoms with Gasteiger partial charge in [-0.15, -0.1) is 0 Å². The number of halogens is 1. The molecule has 0 fully saturated rings. The number of hydrogen-bond donors (Lipinski definition) is 2. The molecule has 0 heterocycles. The first-order chi connectivity index (χ1) is 9.72.